The van der Waals surface area contributed by atoms with Gasteiger partial charge in [0.1, 0.15) is 0 Å². The van der Waals surface area contributed by atoms with E-state index in [1.165, 1.54) is 0 Å². The van der Waals surface area contributed by atoms with E-state index in [9.17, 15) is 0 Å². The van der Waals surface area contributed by atoms with Crippen molar-refractivity contribution in [1.82, 2.24) is 10.2 Å². The van der Waals surface area contributed by atoms with Crippen LogP contribution in [0, 0.1) is 6.92 Å². The largest absolute Gasteiger partial charge is 0.354 e. The molecule has 1 N–H and O–H groups in total. The van der Waals surface area contributed by atoms with E-state index in [1.807, 2.05) is 32.2 Å². The van der Waals surface area contributed by atoms with Crippen LogP contribution in [0.4, 0.5) is 5.69 Å². The maximum atomic E-state index is 6.10. The normalized spacial score (nSPS) is 18.3. The molecule has 0 saturated carbocycles. The first-order valence-electron chi connectivity index (χ1n) is 4.97. The predicted octanol–water partition coefficient (Wildman–Crippen LogP) is 2.17. The Morgan fingerprint density at radius 3 is 2.87 bits per heavy atom. The van der Waals surface area contributed by atoms with Crippen LogP contribution < -0.4 is 5.32 Å². The van der Waals surface area contributed by atoms with Crippen molar-refractivity contribution in [3.63, 3.8) is 0 Å². The summed E-state index contributed by atoms with van der Waals surface area (Å²) in [5, 5.41) is 3.93. The van der Waals surface area contributed by atoms with Gasteiger partial charge in [0.05, 0.1) is 10.7 Å². The molecule has 3 nitrogen and oxygen atoms in total. The quantitative estimate of drug-likeness (QED) is 0.790. The van der Waals surface area contributed by atoms with Gasteiger partial charge in [-0.2, -0.15) is 0 Å². The summed E-state index contributed by atoms with van der Waals surface area (Å²) in [6.45, 7) is 3.95. The molecule has 0 aliphatic carbocycles. The zero-order valence-electron chi connectivity index (χ0n) is 8.92. The highest BCUT2D eigenvalue weighted by Gasteiger charge is 2.14. The Bertz CT molecular complexity index is 381. The van der Waals surface area contributed by atoms with E-state index in [1.54, 1.807) is 0 Å². The van der Waals surface area contributed by atoms with Crippen molar-refractivity contribution in [3.05, 3.63) is 28.8 Å². The molecule has 1 aliphatic rings. The zero-order valence-corrected chi connectivity index (χ0v) is 9.67. The highest BCUT2D eigenvalue weighted by molar-refractivity contribution is 6.33. The fourth-order valence-corrected chi connectivity index (χ4v) is 1.84. The third-order valence-electron chi connectivity index (χ3n) is 2.50. The lowest BCUT2D eigenvalue weighted by molar-refractivity contribution is 0.563. The number of para-hydroxylation sites is 1. The number of nitrogens with zero attached hydrogens (tertiary/aromatic N) is 2. The van der Waals surface area contributed by atoms with Gasteiger partial charge in [0.25, 0.3) is 0 Å². The van der Waals surface area contributed by atoms with Gasteiger partial charge in [0.2, 0.25) is 0 Å². The SMILES string of the molecule is Cc1cccc(Cl)c1/N=C1/NCCN1C. The van der Waals surface area contributed by atoms with E-state index in [0.29, 0.717) is 5.02 Å². The molecule has 80 valence electrons. The number of hydrogen-bond acceptors (Lipinski definition) is 1. The summed E-state index contributed by atoms with van der Waals surface area (Å²) in [6, 6.07) is 5.82. The number of guanidine groups is 1. The van der Waals surface area contributed by atoms with E-state index in [0.717, 1.165) is 30.3 Å². The minimum absolute atomic E-state index is 0.699. The van der Waals surface area contributed by atoms with Gasteiger partial charge in [-0.1, -0.05) is 23.7 Å². The van der Waals surface area contributed by atoms with E-state index >= 15 is 0 Å². The summed E-state index contributed by atoms with van der Waals surface area (Å²) in [6.07, 6.45) is 0. The third kappa shape index (κ3) is 2.07. The van der Waals surface area contributed by atoms with Gasteiger partial charge in [-0.15, -0.1) is 0 Å². The van der Waals surface area contributed by atoms with Crippen LogP contribution >= 0.6 is 11.6 Å². The average Bonchev–Trinajstić information content (AvgIpc) is 2.58. The van der Waals surface area contributed by atoms with Crippen molar-refractivity contribution in [2.24, 2.45) is 4.99 Å². The molecule has 0 bridgehead atoms. The van der Waals surface area contributed by atoms with Gasteiger partial charge in [0, 0.05) is 20.1 Å². The van der Waals surface area contributed by atoms with Crippen molar-refractivity contribution in [3.8, 4) is 0 Å². The maximum absolute atomic E-state index is 6.10. The van der Waals surface area contributed by atoms with E-state index in [2.05, 4.69) is 15.2 Å². The van der Waals surface area contributed by atoms with Gasteiger partial charge in [0.15, 0.2) is 5.96 Å². The van der Waals surface area contributed by atoms with Crippen LogP contribution in [0.2, 0.25) is 5.02 Å². The summed E-state index contributed by atoms with van der Waals surface area (Å²) >= 11 is 6.10. The summed E-state index contributed by atoms with van der Waals surface area (Å²) in [5.41, 5.74) is 1.95. The van der Waals surface area contributed by atoms with Gasteiger partial charge >= 0.3 is 0 Å². The van der Waals surface area contributed by atoms with Gasteiger partial charge < -0.3 is 10.2 Å². The van der Waals surface area contributed by atoms with Crippen molar-refractivity contribution >= 4 is 23.2 Å². The molecule has 1 saturated heterocycles. The van der Waals surface area contributed by atoms with Crippen LogP contribution in [0.15, 0.2) is 23.2 Å². The van der Waals surface area contributed by atoms with E-state index < -0.39 is 0 Å². The van der Waals surface area contributed by atoms with Crippen LogP contribution in [-0.4, -0.2) is 31.0 Å². The second kappa shape index (κ2) is 4.11. The molecule has 0 amide bonds. The van der Waals surface area contributed by atoms with Crippen LogP contribution in [-0.2, 0) is 0 Å². The van der Waals surface area contributed by atoms with Crippen molar-refractivity contribution in [2.45, 2.75) is 6.92 Å². The predicted molar refractivity (Wildman–Crippen MR) is 63.9 cm³/mol. The molecular formula is C11H14ClN3. The summed E-state index contributed by atoms with van der Waals surface area (Å²) in [5.74, 6) is 0.895. The molecule has 1 aromatic carbocycles. The van der Waals surface area contributed by atoms with E-state index in [4.69, 9.17) is 11.6 Å². The first kappa shape index (κ1) is 10.3. The molecule has 1 heterocycles. The molecule has 1 aliphatic heterocycles. The number of aryl methyl sites for hydroxylation is 1. The molecule has 0 aromatic heterocycles. The summed E-state index contributed by atoms with van der Waals surface area (Å²) in [7, 11) is 2.02. The number of likely N-dealkylation sites (N-methyl/N-ethyl adjacent to an activating group) is 1. The highest BCUT2D eigenvalue weighted by atomic mass is 35.5. The van der Waals surface area contributed by atoms with Crippen molar-refractivity contribution in [2.75, 3.05) is 20.1 Å². The minimum atomic E-state index is 0.699. The molecule has 0 radical (unpaired) electrons. The average molecular weight is 224 g/mol. The molecule has 0 unspecified atom stereocenters. The number of halogens is 1. The number of hydrogen-bond donors (Lipinski definition) is 1. The first-order valence-corrected chi connectivity index (χ1v) is 5.35. The molecule has 15 heavy (non-hydrogen) atoms. The molecule has 1 aromatic rings. The Hall–Kier alpha value is -1.22. The lowest BCUT2D eigenvalue weighted by atomic mass is 10.2. The fraction of sp³-hybridized carbons (Fsp3) is 0.364. The van der Waals surface area contributed by atoms with Gasteiger partial charge in [-0.05, 0) is 18.6 Å². The topological polar surface area (TPSA) is 27.6 Å². The van der Waals surface area contributed by atoms with Gasteiger partial charge in [-0.25, -0.2) is 4.99 Å². The van der Waals surface area contributed by atoms with Crippen LogP contribution in [0.25, 0.3) is 0 Å². The van der Waals surface area contributed by atoms with Crippen LogP contribution in [0.5, 0.6) is 0 Å². The smallest absolute Gasteiger partial charge is 0.199 e. The monoisotopic (exact) mass is 223 g/mol. The van der Waals surface area contributed by atoms with Crippen LogP contribution in [0.3, 0.4) is 0 Å². The molecule has 4 heteroatoms. The third-order valence-corrected chi connectivity index (χ3v) is 2.80. The molecule has 0 atom stereocenters. The van der Waals surface area contributed by atoms with Crippen molar-refractivity contribution < 1.29 is 0 Å². The Kier molecular flexibility index (Phi) is 2.82. The number of rotatable bonds is 1. The summed E-state index contributed by atoms with van der Waals surface area (Å²) < 4.78 is 0. The Labute approximate surface area is 94.8 Å². The Morgan fingerprint density at radius 2 is 2.27 bits per heavy atom. The number of aliphatic imine (C=N–C) groups is 1. The second-order valence-corrected chi connectivity index (χ2v) is 4.10. The number of benzene rings is 1. The second-order valence-electron chi connectivity index (χ2n) is 3.69. The molecular weight excluding hydrogens is 210 g/mol. The van der Waals surface area contributed by atoms with E-state index in [-0.39, 0.29) is 0 Å². The molecule has 0 spiro atoms. The first-order chi connectivity index (χ1) is 7.18. The zero-order chi connectivity index (χ0) is 10.8. The standard InChI is InChI=1S/C11H14ClN3/c1-8-4-3-5-9(12)10(8)14-11-13-6-7-15(11)2/h3-5H,6-7H2,1-2H3,(H,13,14). The highest BCUT2D eigenvalue weighted by Crippen LogP contribution is 2.28. The Balaban J connectivity index is 2.38. The maximum Gasteiger partial charge on any atom is 0.199 e. The summed E-state index contributed by atoms with van der Waals surface area (Å²) in [4.78, 5) is 6.62. The number of nitrogens with one attached hydrogen (secondary N) is 1. The minimum Gasteiger partial charge on any atom is -0.354 e. The van der Waals surface area contributed by atoms with Crippen molar-refractivity contribution in [1.29, 1.82) is 0 Å². The lowest BCUT2D eigenvalue weighted by Crippen LogP contribution is -2.25. The molecule has 2 rings (SSSR count). The Morgan fingerprint density at radius 1 is 1.47 bits per heavy atom. The molecule has 1 fully saturated rings. The lowest BCUT2D eigenvalue weighted by Gasteiger charge is -2.11. The fourth-order valence-electron chi connectivity index (χ4n) is 1.57. The van der Waals surface area contributed by atoms with Gasteiger partial charge in [-0.3, -0.25) is 0 Å². The van der Waals surface area contributed by atoms with Crippen LogP contribution in [0.1, 0.15) is 5.56 Å².